The maximum absolute atomic E-state index is 13.6. The van der Waals surface area contributed by atoms with Crippen LogP contribution in [0, 0.1) is 17.1 Å². The molecule has 0 spiro atoms. The number of hydrogen-bond acceptors (Lipinski definition) is 3. The van der Waals surface area contributed by atoms with Gasteiger partial charge < -0.3 is 5.11 Å². The molecule has 112 valence electrons. The number of benzene rings is 2. The van der Waals surface area contributed by atoms with Gasteiger partial charge in [-0.3, -0.25) is 0 Å². The zero-order valence-corrected chi connectivity index (χ0v) is 12.6. The lowest BCUT2D eigenvalue weighted by molar-refractivity contribution is 0.0697. The number of aromatic carboxylic acids is 1. The molecule has 0 amide bonds. The molecular weight excluding hydrogens is 313 g/mol. The second-order valence-electron chi connectivity index (χ2n) is 4.83. The highest BCUT2D eigenvalue weighted by Gasteiger charge is 2.17. The minimum atomic E-state index is -1.29. The summed E-state index contributed by atoms with van der Waals surface area (Å²) >= 11 is 0.858. The Morgan fingerprint density at radius 1 is 1.09 bits per heavy atom. The topological polar surface area (TPSA) is 61.1 Å². The molecule has 3 nitrogen and oxygen atoms in total. The van der Waals surface area contributed by atoms with Gasteiger partial charge in [-0.05, 0) is 28.8 Å². The molecule has 3 aromatic rings. The molecule has 0 fully saturated rings. The highest BCUT2D eigenvalue weighted by Crippen LogP contribution is 2.34. The van der Waals surface area contributed by atoms with E-state index in [4.69, 9.17) is 5.11 Å². The number of carbonyl (C=O) groups is 1. The maximum Gasteiger partial charge on any atom is 0.348 e. The number of nitriles is 1. The zero-order chi connectivity index (χ0) is 16.4. The molecule has 0 saturated carbocycles. The van der Waals surface area contributed by atoms with Gasteiger partial charge in [0.05, 0.1) is 11.6 Å². The van der Waals surface area contributed by atoms with E-state index in [1.807, 2.05) is 30.3 Å². The molecule has 0 aliphatic carbocycles. The molecule has 1 N–H and O–H groups in total. The van der Waals surface area contributed by atoms with Crippen molar-refractivity contribution in [2.24, 2.45) is 0 Å². The van der Waals surface area contributed by atoms with Gasteiger partial charge in [0, 0.05) is 4.88 Å². The van der Waals surface area contributed by atoms with Crippen LogP contribution in [0.25, 0.3) is 21.6 Å². The highest BCUT2D eigenvalue weighted by atomic mass is 32.1. The Bertz CT molecular complexity index is 926. The first-order chi connectivity index (χ1) is 11.1. The van der Waals surface area contributed by atoms with E-state index in [0.717, 1.165) is 22.5 Å². The normalized spacial score (nSPS) is 10.3. The molecule has 2 aromatic carbocycles. The van der Waals surface area contributed by atoms with Crippen molar-refractivity contribution in [1.82, 2.24) is 0 Å². The molecule has 5 heteroatoms. The van der Waals surface area contributed by atoms with Crippen molar-refractivity contribution in [1.29, 1.82) is 5.26 Å². The van der Waals surface area contributed by atoms with E-state index in [0.29, 0.717) is 16.0 Å². The molecule has 0 unspecified atom stereocenters. The Morgan fingerprint density at radius 2 is 1.83 bits per heavy atom. The molecule has 3 rings (SSSR count). The average molecular weight is 323 g/mol. The minimum absolute atomic E-state index is 0.328. The Balaban J connectivity index is 2.08. The smallest absolute Gasteiger partial charge is 0.348 e. The van der Waals surface area contributed by atoms with Crippen molar-refractivity contribution in [3.05, 3.63) is 70.9 Å². The van der Waals surface area contributed by atoms with Gasteiger partial charge in [-0.15, -0.1) is 11.3 Å². The number of rotatable bonds is 3. The van der Waals surface area contributed by atoms with Crippen molar-refractivity contribution in [3.8, 4) is 27.6 Å². The van der Waals surface area contributed by atoms with Crippen molar-refractivity contribution < 1.29 is 14.3 Å². The van der Waals surface area contributed by atoms with E-state index in [9.17, 15) is 14.4 Å². The predicted octanol–water partition coefficient (Wildman–Crippen LogP) is 4.79. The lowest BCUT2D eigenvalue weighted by Gasteiger charge is -2.06. The Morgan fingerprint density at radius 3 is 2.43 bits per heavy atom. The second kappa shape index (κ2) is 6.03. The Kier molecular flexibility index (Phi) is 3.92. The van der Waals surface area contributed by atoms with Crippen molar-refractivity contribution >= 4 is 17.3 Å². The number of hydrogen-bond donors (Lipinski definition) is 1. The fourth-order valence-corrected chi connectivity index (χ4v) is 3.19. The number of carboxylic acid groups (broad SMARTS) is 1. The summed E-state index contributed by atoms with van der Waals surface area (Å²) in [5, 5.41) is 18.3. The Labute approximate surface area is 135 Å². The third kappa shape index (κ3) is 2.85. The number of thiophene rings is 1. The molecule has 23 heavy (non-hydrogen) atoms. The van der Waals surface area contributed by atoms with Crippen LogP contribution in [-0.4, -0.2) is 11.1 Å². The fourth-order valence-electron chi connectivity index (χ4n) is 2.32. The van der Waals surface area contributed by atoms with Crippen LogP contribution in [0.15, 0.2) is 54.6 Å². The molecule has 0 saturated heterocycles. The molecular formula is C18H10FNO2S. The first-order valence-electron chi connectivity index (χ1n) is 6.72. The van der Waals surface area contributed by atoms with E-state index in [2.05, 4.69) is 6.07 Å². The van der Waals surface area contributed by atoms with E-state index < -0.39 is 11.8 Å². The van der Waals surface area contributed by atoms with Gasteiger partial charge >= 0.3 is 5.97 Å². The first-order valence-corrected chi connectivity index (χ1v) is 7.54. The van der Waals surface area contributed by atoms with Gasteiger partial charge in [0.1, 0.15) is 10.7 Å². The molecule has 0 aliphatic heterocycles. The number of carboxylic acids is 1. The highest BCUT2D eigenvalue weighted by molar-refractivity contribution is 7.17. The quantitative estimate of drug-likeness (QED) is 0.753. The second-order valence-corrected chi connectivity index (χ2v) is 5.88. The van der Waals surface area contributed by atoms with Crippen LogP contribution in [0.2, 0.25) is 0 Å². The van der Waals surface area contributed by atoms with Gasteiger partial charge in [0.2, 0.25) is 0 Å². The molecule has 1 aromatic heterocycles. The number of nitrogens with zero attached hydrogens (tertiary/aromatic N) is 1. The van der Waals surface area contributed by atoms with E-state index in [-0.39, 0.29) is 4.88 Å². The van der Waals surface area contributed by atoms with Crippen LogP contribution >= 0.6 is 11.3 Å². The van der Waals surface area contributed by atoms with Gasteiger partial charge in [0.15, 0.2) is 0 Å². The molecule has 1 heterocycles. The van der Waals surface area contributed by atoms with Crippen LogP contribution in [0.3, 0.4) is 0 Å². The summed E-state index contributed by atoms with van der Waals surface area (Å²) in [6.45, 7) is 0. The number of halogens is 1. The summed E-state index contributed by atoms with van der Waals surface area (Å²) in [6, 6.07) is 18.0. The van der Waals surface area contributed by atoms with E-state index >= 15 is 0 Å². The van der Waals surface area contributed by atoms with Crippen LogP contribution in [0.4, 0.5) is 4.39 Å². The van der Waals surface area contributed by atoms with Crippen LogP contribution in [0.5, 0.6) is 0 Å². The van der Waals surface area contributed by atoms with Crippen molar-refractivity contribution in [2.45, 2.75) is 0 Å². The summed E-state index contributed by atoms with van der Waals surface area (Å²) < 4.78 is 13.6. The summed E-state index contributed by atoms with van der Waals surface area (Å²) in [6.07, 6.45) is 0. The SMILES string of the molecule is N#Cc1cc(-c2cc(F)c(C(=O)O)s2)ccc1-c1ccccc1. The fraction of sp³-hybridized carbons (Fsp3) is 0. The van der Waals surface area contributed by atoms with Crippen LogP contribution in [-0.2, 0) is 0 Å². The molecule has 0 radical (unpaired) electrons. The molecule has 0 bridgehead atoms. The van der Waals surface area contributed by atoms with Gasteiger partial charge in [-0.2, -0.15) is 5.26 Å². The average Bonchev–Trinajstić information content (AvgIpc) is 2.97. The van der Waals surface area contributed by atoms with E-state index in [1.165, 1.54) is 6.07 Å². The molecule has 0 atom stereocenters. The van der Waals surface area contributed by atoms with Gasteiger partial charge in [-0.25, -0.2) is 9.18 Å². The van der Waals surface area contributed by atoms with Gasteiger partial charge in [0.25, 0.3) is 0 Å². The first kappa shape index (κ1) is 14.9. The standard InChI is InChI=1S/C18H10FNO2S/c19-15-9-16(23-17(15)18(21)22)12-6-7-14(13(8-12)10-20)11-4-2-1-3-5-11/h1-9H,(H,21,22). The summed E-state index contributed by atoms with van der Waals surface area (Å²) in [5.74, 6) is -2.05. The maximum atomic E-state index is 13.6. The van der Waals surface area contributed by atoms with Crippen molar-refractivity contribution in [2.75, 3.05) is 0 Å². The lowest BCUT2D eigenvalue weighted by Crippen LogP contribution is -1.93. The van der Waals surface area contributed by atoms with Crippen LogP contribution < -0.4 is 0 Å². The Hall–Kier alpha value is -2.97. The van der Waals surface area contributed by atoms with Gasteiger partial charge in [-0.1, -0.05) is 42.5 Å². The summed E-state index contributed by atoms with van der Waals surface area (Å²) in [4.78, 5) is 11.1. The van der Waals surface area contributed by atoms with E-state index in [1.54, 1.807) is 18.2 Å². The van der Waals surface area contributed by atoms with Crippen molar-refractivity contribution in [3.63, 3.8) is 0 Å². The largest absolute Gasteiger partial charge is 0.477 e. The molecule has 0 aliphatic rings. The lowest BCUT2D eigenvalue weighted by atomic mass is 9.98. The minimum Gasteiger partial charge on any atom is -0.477 e. The summed E-state index contributed by atoms with van der Waals surface area (Å²) in [5.41, 5.74) is 2.78. The monoisotopic (exact) mass is 323 g/mol. The predicted molar refractivity (Wildman–Crippen MR) is 86.8 cm³/mol. The third-order valence-corrected chi connectivity index (χ3v) is 4.54. The van der Waals surface area contributed by atoms with Crippen LogP contribution in [0.1, 0.15) is 15.2 Å². The zero-order valence-electron chi connectivity index (χ0n) is 11.8. The summed E-state index contributed by atoms with van der Waals surface area (Å²) in [7, 11) is 0. The third-order valence-electron chi connectivity index (χ3n) is 3.39.